The van der Waals surface area contributed by atoms with Crippen molar-refractivity contribution in [2.24, 2.45) is 5.92 Å². The first-order valence-corrected chi connectivity index (χ1v) is 10.2. The molecule has 6 nitrogen and oxygen atoms in total. The predicted octanol–water partition coefficient (Wildman–Crippen LogP) is 2.58. The molecule has 1 aliphatic heterocycles. The highest BCUT2D eigenvalue weighted by atomic mass is 19.1. The molecule has 0 unspecified atom stereocenters. The summed E-state index contributed by atoms with van der Waals surface area (Å²) in [6.07, 6.45) is 2.47. The largest absolute Gasteiger partial charge is 0.355 e. The van der Waals surface area contributed by atoms with Gasteiger partial charge in [-0.15, -0.1) is 0 Å². The minimum atomic E-state index is -0.889. The van der Waals surface area contributed by atoms with Crippen molar-refractivity contribution in [1.29, 1.82) is 0 Å². The summed E-state index contributed by atoms with van der Waals surface area (Å²) in [6.45, 7) is 5.64. The van der Waals surface area contributed by atoms with Crippen LogP contribution in [0.4, 0.5) is 8.78 Å². The van der Waals surface area contributed by atoms with Crippen LogP contribution >= 0.6 is 0 Å². The Morgan fingerprint density at radius 2 is 1.83 bits per heavy atom. The lowest BCUT2D eigenvalue weighted by Crippen LogP contribution is -2.47. The minimum absolute atomic E-state index is 0.0343. The number of halogens is 2. The molecule has 1 aliphatic rings. The highest BCUT2D eigenvalue weighted by molar-refractivity contribution is 5.94. The summed E-state index contributed by atoms with van der Waals surface area (Å²) >= 11 is 0. The first-order chi connectivity index (χ1) is 13.9. The van der Waals surface area contributed by atoms with Crippen LogP contribution in [0.1, 0.15) is 49.9 Å². The van der Waals surface area contributed by atoms with Crippen molar-refractivity contribution in [2.75, 3.05) is 32.7 Å². The molecule has 1 aromatic carbocycles. The topological polar surface area (TPSA) is 69.7 Å². The molecule has 0 atom stereocenters. The highest BCUT2D eigenvalue weighted by Gasteiger charge is 2.31. The molecule has 1 fully saturated rings. The van der Waals surface area contributed by atoms with E-state index in [2.05, 4.69) is 5.32 Å². The Hall–Kier alpha value is -2.51. The van der Waals surface area contributed by atoms with Crippen molar-refractivity contribution in [3.63, 3.8) is 0 Å². The fraction of sp³-hybridized carbons (Fsp3) is 0.571. The lowest BCUT2D eigenvalue weighted by molar-refractivity contribution is -0.140. The summed E-state index contributed by atoms with van der Waals surface area (Å²) in [5.41, 5.74) is -0.170. The standard InChI is InChI=1S/C21H29F2N3O3/c1-3-9-24-19(27)14-26(10-4-2)20(28)15-7-11-25(12-8-15)21(29)17-6-5-16(22)13-18(17)23/h5-6,13,15H,3-4,7-12,14H2,1-2H3,(H,24,27). The smallest absolute Gasteiger partial charge is 0.256 e. The molecule has 1 N–H and O–H groups in total. The van der Waals surface area contributed by atoms with E-state index in [0.717, 1.165) is 25.0 Å². The number of hydrogen-bond acceptors (Lipinski definition) is 3. The Bertz CT molecular complexity index is 734. The number of amides is 3. The van der Waals surface area contributed by atoms with E-state index in [4.69, 9.17) is 0 Å². The van der Waals surface area contributed by atoms with Crippen LogP contribution in [-0.4, -0.2) is 60.2 Å². The number of likely N-dealkylation sites (tertiary alicyclic amines) is 1. The van der Waals surface area contributed by atoms with Gasteiger partial charge in [-0.3, -0.25) is 14.4 Å². The molecule has 0 spiro atoms. The lowest BCUT2D eigenvalue weighted by Gasteiger charge is -2.34. The van der Waals surface area contributed by atoms with E-state index in [1.807, 2.05) is 13.8 Å². The Labute approximate surface area is 170 Å². The number of nitrogens with zero attached hydrogens (tertiary/aromatic N) is 2. The fourth-order valence-electron chi connectivity index (χ4n) is 3.45. The SMILES string of the molecule is CCCNC(=O)CN(CCC)C(=O)C1CCN(C(=O)c2ccc(F)cc2F)CC1. The van der Waals surface area contributed by atoms with Crippen LogP contribution in [0.15, 0.2) is 18.2 Å². The molecule has 29 heavy (non-hydrogen) atoms. The molecule has 160 valence electrons. The molecule has 1 aromatic rings. The van der Waals surface area contributed by atoms with E-state index in [1.165, 1.54) is 4.90 Å². The maximum Gasteiger partial charge on any atom is 0.256 e. The molecular formula is C21H29F2N3O3. The number of nitrogens with one attached hydrogen (secondary N) is 1. The van der Waals surface area contributed by atoms with Gasteiger partial charge in [0.2, 0.25) is 11.8 Å². The Balaban J connectivity index is 1.94. The number of piperidine rings is 1. The van der Waals surface area contributed by atoms with Gasteiger partial charge in [0, 0.05) is 38.2 Å². The zero-order valence-corrected chi connectivity index (χ0v) is 17.0. The summed E-state index contributed by atoms with van der Waals surface area (Å²) in [6, 6.07) is 2.89. The molecule has 1 heterocycles. The summed E-state index contributed by atoms with van der Waals surface area (Å²) in [5.74, 6) is -2.66. The number of rotatable bonds is 8. The van der Waals surface area contributed by atoms with Gasteiger partial charge < -0.3 is 15.1 Å². The number of carbonyl (C=O) groups is 3. The van der Waals surface area contributed by atoms with Gasteiger partial charge in [0.1, 0.15) is 11.6 Å². The van der Waals surface area contributed by atoms with Crippen molar-refractivity contribution < 1.29 is 23.2 Å². The van der Waals surface area contributed by atoms with Gasteiger partial charge in [-0.2, -0.15) is 0 Å². The van der Waals surface area contributed by atoms with Gasteiger partial charge in [-0.1, -0.05) is 13.8 Å². The third kappa shape index (κ3) is 6.24. The van der Waals surface area contributed by atoms with Crippen LogP contribution in [-0.2, 0) is 9.59 Å². The molecule has 1 saturated heterocycles. The summed E-state index contributed by atoms with van der Waals surface area (Å²) in [4.78, 5) is 40.5. The van der Waals surface area contributed by atoms with Gasteiger partial charge >= 0.3 is 0 Å². The number of carbonyl (C=O) groups excluding carboxylic acids is 3. The van der Waals surface area contributed by atoms with Crippen molar-refractivity contribution in [3.8, 4) is 0 Å². The normalized spacial score (nSPS) is 14.6. The van der Waals surface area contributed by atoms with Crippen molar-refractivity contribution in [3.05, 3.63) is 35.4 Å². The van der Waals surface area contributed by atoms with Crippen LogP contribution in [0.5, 0.6) is 0 Å². The van der Waals surface area contributed by atoms with Crippen LogP contribution in [0.25, 0.3) is 0 Å². The van der Waals surface area contributed by atoms with E-state index in [9.17, 15) is 23.2 Å². The lowest BCUT2D eigenvalue weighted by atomic mass is 9.94. The molecule has 3 amide bonds. The van der Waals surface area contributed by atoms with Gasteiger partial charge in [-0.25, -0.2) is 8.78 Å². The Kier molecular flexibility index (Phi) is 8.54. The van der Waals surface area contributed by atoms with Gasteiger partial charge in [0.05, 0.1) is 12.1 Å². The molecular weight excluding hydrogens is 380 g/mol. The van der Waals surface area contributed by atoms with Crippen molar-refractivity contribution in [2.45, 2.75) is 39.5 Å². The summed E-state index contributed by atoms with van der Waals surface area (Å²) in [7, 11) is 0. The van der Waals surface area contributed by atoms with E-state index in [1.54, 1.807) is 4.90 Å². The first-order valence-electron chi connectivity index (χ1n) is 10.2. The molecule has 8 heteroatoms. The first kappa shape index (κ1) is 22.8. The second-order valence-corrected chi connectivity index (χ2v) is 7.30. The Morgan fingerprint density at radius 3 is 2.41 bits per heavy atom. The summed E-state index contributed by atoms with van der Waals surface area (Å²) in [5, 5.41) is 2.78. The zero-order chi connectivity index (χ0) is 21.4. The second-order valence-electron chi connectivity index (χ2n) is 7.30. The van der Waals surface area contributed by atoms with Crippen LogP contribution in [0.3, 0.4) is 0 Å². The molecule has 0 radical (unpaired) electrons. The van der Waals surface area contributed by atoms with E-state index in [0.29, 0.717) is 45.1 Å². The van der Waals surface area contributed by atoms with E-state index < -0.39 is 17.5 Å². The maximum absolute atomic E-state index is 13.9. The maximum atomic E-state index is 13.9. The fourth-order valence-corrected chi connectivity index (χ4v) is 3.45. The molecule has 0 bridgehead atoms. The van der Waals surface area contributed by atoms with Crippen molar-refractivity contribution in [1.82, 2.24) is 15.1 Å². The predicted molar refractivity (Wildman–Crippen MR) is 105 cm³/mol. The zero-order valence-electron chi connectivity index (χ0n) is 17.0. The highest BCUT2D eigenvalue weighted by Crippen LogP contribution is 2.22. The Morgan fingerprint density at radius 1 is 1.14 bits per heavy atom. The minimum Gasteiger partial charge on any atom is -0.355 e. The summed E-state index contributed by atoms with van der Waals surface area (Å²) < 4.78 is 26.9. The quantitative estimate of drug-likeness (QED) is 0.718. The van der Waals surface area contributed by atoms with E-state index in [-0.39, 0.29) is 29.8 Å². The molecule has 0 aliphatic carbocycles. The molecule has 2 rings (SSSR count). The van der Waals surface area contributed by atoms with Crippen LogP contribution < -0.4 is 5.32 Å². The van der Waals surface area contributed by atoms with Gasteiger partial charge in [0.15, 0.2) is 0 Å². The average Bonchev–Trinajstić information content (AvgIpc) is 2.71. The second kappa shape index (κ2) is 10.9. The third-order valence-electron chi connectivity index (χ3n) is 5.00. The third-order valence-corrected chi connectivity index (χ3v) is 5.00. The molecule has 0 aromatic heterocycles. The number of benzene rings is 1. The van der Waals surface area contributed by atoms with Gasteiger partial charge in [0.25, 0.3) is 5.91 Å². The van der Waals surface area contributed by atoms with E-state index >= 15 is 0 Å². The number of hydrogen-bond donors (Lipinski definition) is 1. The monoisotopic (exact) mass is 409 g/mol. The van der Waals surface area contributed by atoms with Crippen LogP contribution in [0.2, 0.25) is 0 Å². The van der Waals surface area contributed by atoms with Crippen molar-refractivity contribution >= 4 is 17.7 Å². The van der Waals surface area contributed by atoms with Crippen LogP contribution in [0, 0.1) is 17.6 Å². The molecule has 0 saturated carbocycles. The van der Waals surface area contributed by atoms with Gasteiger partial charge in [-0.05, 0) is 37.8 Å². The average molecular weight is 409 g/mol.